The standard InChI is InChI=1S/C27H29FN8O2S/c1-35(2)24-4-3-18(15-31-24)22-12-19(28)11-21(32-22)16-29-14-17-6-9-36(10-7-17)26-30-8-5-20(33-26)13-23-25(37)34-27(38)39-23/h3-5,8,11-13,15,17,29H,6-7,9-10,14,16H2,1-2H3,(H,34,37,38). The zero-order valence-electron chi connectivity index (χ0n) is 21.7. The highest BCUT2D eigenvalue weighted by Gasteiger charge is 2.26. The number of rotatable bonds is 8. The lowest BCUT2D eigenvalue weighted by molar-refractivity contribution is -0.115. The van der Waals surface area contributed by atoms with Crippen molar-refractivity contribution in [2.45, 2.75) is 19.4 Å². The van der Waals surface area contributed by atoms with Crippen LogP contribution < -0.4 is 20.4 Å². The average Bonchev–Trinajstić information content (AvgIpc) is 3.25. The van der Waals surface area contributed by atoms with E-state index in [2.05, 4.69) is 35.5 Å². The van der Waals surface area contributed by atoms with E-state index in [-0.39, 0.29) is 11.1 Å². The minimum Gasteiger partial charge on any atom is -0.363 e. The number of thioether (sulfide) groups is 1. The van der Waals surface area contributed by atoms with Gasteiger partial charge in [-0.3, -0.25) is 19.9 Å². The fourth-order valence-electron chi connectivity index (χ4n) is 4.48. The summed E-state index contributed by atoms with van der Waals surface area (Å²) in [6, 6.07) is 8.39. The van der Waals surface area contributed by atoms with Gasteiger partial charge in [-0.1, -0.05) is 0 Å². The van der Waals surface area contributed by atoms with Crippen molar-refractivity contribution in [1.29, 1.82) is 0 Å². The van der Waals surface area contributed by atoms with E-state index in [4.69, 9.17) is 0 Å². The molecule has 0 atom stereocenters. The molecule has 3 aromatic rings. The second kappa shape index (κ2) is 11.9. The molecular formula is C27H29FN8O2S. The van der Waals surface area contributed by atoms with Crippen LogP contribution in [0.15, 0.2) is 47.6 Å². The minimum absolute atomic E-state index is 0.321. The topological polar surface area (TPSA) is 116 Å². The number of halogens is 1. The number of carbonyl (C=O) groups is 2. The molecule has 12 heteroatoms. The second-order valence-electron chi connectivity index (χ2n) is 9.66. The molecule has 0 aliphatic carbocycles. The fraction of sp³-hybridized carbons (Fsp3) is 0.333. The Hall–Kier alpha value is -3.90. The molecule has 5 rings (SSSR count). The number of carbonyl (C=O) groups excluding carboxylic acids is 2. The Morgan fingerprint density at radius 3 is 2.67 bits per heavy atom. The van der Waals surface area contributed by atoms with Crippen LogP contribution in [0, 0.1) is 11.7 Å². The number of hydrogen-bond acceptors (Lipinski definition) is 10. The van der Waals surface area contributed by atoms with Gasteiger partial charge < -0.3 is 15.1 Å². The van der Waals surface area contributed by atoms with Gasteiger partial charge >= 0.3 is 0 Å². The number of aromatic nitrogens is 4. The Labute approximate surface area is 230 Å². The first-order valence-corrected chi connectivity index (χ1v) is 13.5. The predicted octanol–water partition coefficient (Wildman–Crippen LogP) is 3.47. The predicted molar refractivity (Wildman–Crippen MR) is 150 cm³/mol. The van der Waals surface area contributed by atoms with Crippen LogP contribution in [0.1, 0.15) is 24.2 Å². The van der Waals surface area contributed by atoms with Crippen molar-refractivity contribution in [1.82, 2.24) is 30.6 Å². The molecule has 2 fully saturated rings. The Bertz CT molecular complexity index is 1390. The number of anilines is 2. The third-order valence-corrected chi connectivity index (χ3v) is 7.38. The van der Waals surface area contributed by atoms with Crippen molar-refractivity contribution in [2.75, 3.05) is 43.5 Å². The molecule has 0 aromatic carbocycles. The van der Waals surface area contributed by atoms with Gasteiger partial charge in [-0.25, -0.2) is 19.3 Å². The highest BCUT2D eigenvalue weighted by Crippen LogP contribution is 2.26. The van der Waals surface area contributed by atoms with Gasteiger partial charge in [0.15, 0.2) is 0 Å². The van der Waals surface area contributed by atoms with Gasteiger partial charge in [0.2, 0.25) is 5.95 Å². The van der Waals surface area contributed by atoms with E-state index in [1.807, 2.05) is 31.1 Å². The summed E-state index contributed by atoms with van der Waals surface area (Å²) >= 11 is 0.869. The Morgan fingerprint density at radius 2 is 1.97 bits per heavy atom. The number of amides is 2. The van der Waals surface area contributed by atoms with Gasteiger partial charge in [0.1, 0.15) is 11.6 Å². The van der Waals surface area contributed by atoms with Crippen molar-refractivity contribution in [3.05, 3.63) is 64.8 Å². The van der Waals surface area contributed by atoms with E-state index in [1.54, 1.807) is 24.5 Å². The third-order valence-electron chi connectivity index (χ3n) is 6.57. The monoisotopic (exact) mass is 548 g/mol. The van der Waals surface area contributed by atoms with Crippen LogP contribution in [0.5, 0.6) is 0 Å². The summed E-state index contributed by atoms with van der Waals surface area (Å²) in [7, 11) is 3.84. The summed E-state index contributed by atoms with van der Waals surface area (Å²) in [5, 5.41) is 5.30. The van der Waals surface area contributed by atoms with Crippen LogP contribution in [0.2, 0.25) is 0 Å². The van der Waals surface area contributed by atoms with Crippen LogP contribution in [-0.2, 0) is 11.3 Å². The molecule has 202 valence electrons. The lowest BCUT2D eigenvalue weighted by Crippen LogP contribution is -2.38. The second-order valence-corrected chi connectivity index (χ2v) is 10.7. The summed E-state index contributed by atoms with van der Waals surface area (Å²) in [4.78, 5) is 45.6. The van der Waals surface area contributed by atoms with Crippen LogP contribution in [0.3, 0.4) is 0 Å². The molecule has 2 amide bonds. The lowest BCUT2D eigenvalue weighted by atomic mass is 9.97. The van der Waals surface area contributed by atoms with E-state index >= 15 is 0 Å². The number of nitrogens with one attached hydrogen (secondary N) is 2. The summed E-state index contributed by atoms with van der Waals surface area (Å²) in [5.41, 5.74) is 2.57. The van der Waals surface area contributed by atoms with Crippen molar-refractivity contribution < 1.29 is 14.0 Å². The first kappa shape index (κ1) is 26.7. The first-order valence-electron chi connectivity index (χ1n) is 12.7. The normalized spacial score (nSPS) is 17.1. The molecule has 0 saturated carbocycles. The molecular weight excluding hydrogens is 519 g/mol. The highest BCUT2D eigenvalue weighted by molar-refractivity contribution is 8.18. The molecule has 39 heavy (non-hydrogen) atoms. The zero-order valence-corrected chi connectivity index (χ0v) is 22.5. The summed E-state index contributed by atoms with van der Waals surface area (Å²) in [6.45, 7) is 2.88. The maximum absolute atomic E-state index is 14.3. The maximum atomic E-state index is 14.3. The molecule has 0 bridgehead atoms. The van der Waals surface area contributed by atoms with Gasteiger partial charge in [0.25, 0.3) is 11.1 Å². The Balaban J connectivity index is 1.13. The van der Waals surface area contributed by atoms with E-state index in [0.717, 1.165) is 55.6 Å². The lowest BCUT2D eigenvalue weighted by Gasteiger charge is -2.32. The first-order chi connectivity index (χ1) is 18.8. The van der Waals surface area contributed by atoms with E-state index in [0.29, 0.717) is 40.4 Å². The number of piperidine rings is 1. The molecule has 2 aliphatic rings. The molecule has 0 radical (unpaired) electrons. The Morgan fingerprint density at radius 1 is 1.15 bits per heavy atom. The smallest absolute Gasteiger partial charge is 0.290 e. The molecule has 10 nitrogen and oxygen atoms in total. The third kappa shape index (κ3) is 6.76. The summed E-state index contributed by atoms with van der Waals surface area (Å²) in [5.74, 6) is 1.17. The number of pyridine rings is 2. The summed E-state index contributed by atoms with van der Waals surface area (Å²) < 4.78 is 14.3. The van der Waals surface area contributed by atoms with Gasteiger partial charge in [0, 0.05) is 57.8 Å². The van der Waals surface area contributed by atoms with Crippen molar-refractivity contribution in [2.24, 2.45) is 5.92 Å². The van der Waals surface area contributed by atoms with Crippen molar-refractivity contribution in [3.8, 4) is 11.3 Å². The van der Waals surface area contributed by atoms with E-state index in [9.17, 15) is 14.0 Å². The molecule has 0 spiro atoms. The maximum Gasteiger partial charge on any atom is 0.290 e. The van der Waals surface area contributed by atoms with E-state index in [1.165, 1.54) is 12.1 Å². The molecule has 0 unspecified atom stereocenters. The highest BCUT2D eigenvalue weighted by atomic mass is 32.2. The zero-order chi connectivity index (χ0) is 27.4. The Kier molecular flexibility index (Phi) is 8.13. The van der Waals surface area contributed by atoms with Gasteiger partial charge in [-0.05, 0) is 67.4 Å². The molecule has 3 aromatic heterocycles. The average molecular weight is 549 g/mol. The van der Waals surface area contributed by atoms with Gasteiger partial charge in [-0.15, -0.1) is 0 Å². The fourth-order valence-corrected chi connectivity index (χ4v) is 5.15. The molecule has 5 heterocycles. The number of imide groups is 1. The summed E-state index contributed by atoms with van der Waals surface area (Å²) in [6.07, 6.45) is 6.90. The van der Waals surface area contributed by atoms with Crippen molar-refractivity contribution in [3.63, 3.8) is 0 Å². The largest absolute Gasteiger partial charge is 0.363 e. The van der Waals surface area contributed by atoms with Crippen LogP contribution in [0.4, 0.5) is 21.0 Å². The quantitative estimate of drug-likeness (QED) is 0.406. The minimum atomic E-state index is -0.404. The van der Waals surface area contributed by atoms with Gasteiger partial charge in [0.05, 0.1) is 22.0 Å². The SMILES string of the molecule is CN(C)c1ccc(-c2cc(F)cc(CNCC3CCN(c4nccc(C=C5SC(=O)NC5=O)n4)CC3)n2)cn1. The molecule has 2 aliphatic heterocycles. The number of nitrogens with zero attached hydrogens (tertiary/aromatic N) is 6. The number of hydrogen-bond donors (Lipinski definition) is 2. The molecule has 2 N–H and O–H groups in total. The van der Waals surface area contributed by atoms with Crippen LogP contribution in [0.25, 0.3) is 17.3 Å². The van der Waals surface area contributed by atoms with Crippen LogP contribution in [-0.4, -0.2) is 64.8 Å². The van der Waals surface area contributed by atoms with E-state index < -0.39 is 5.91 Å². The van der Waals surface area contributed by atoms with Gasteiger partial charge in [-0.2, -0.15) is 0 Å². The molecule has 2 saturated heterocycles. The van der Waals surface area contributed by atoms with Crippen LogP contribution >= 0.6 is 11.8 Å². The van der Waals surface area contributed by atoms with Crippen molar-refractivity contribution >= 4 is 40.8 Å².